The number of H-pyrrole nitrogens is 6. The summed E-state index contributed by atoms with van der Waals surface area (Å²) in [5, 5.41) is 6.09. The molecule has 4 heterocycles. The summed E-state index contributed by atoms with van der Waals surface area (Å²) in [7, 11) is 0. The molecule has 0 radical (unpaired) electrons. The summed E-state index contributed by atoms with van der Waals surface area (Å²) in [5.41, 5.74) is 15.7. The van der Waals surface area contributed by atoms with Gasteiger partial charge < -0.3 is 20.6 Å². The maximum atomic E-state index is 12.8. The molecule has 4 aromatic rings. The van der Waals surface area contributed by atoms with E-state index in [1.807, 2.05) is 6.20 Å². The standard InChI is InChI=1S/C22H24Br2N10O2/c23-10-2-14(27-5-10)19(35)29-4-9-1-13-18(34-22(26)32-13)17(16-8-31-21(25)33-16)12(9)7-30-20(36)15-3-11(24)6-28-15/h2-3,5-6,8-9,12,17,27-28H,1,4,7H2,(H,29,35)(H,30,36)(H3,25,31,33)(H3,26,32,34)/p+2/t9-,12-,17-/m1/s1. The molecule has 0 saturated carbocycles. The molecule has 36 heavy (non-hydrogen) atoms. The Kier molecular flexibility index (Phi) is 6.62. The molecule has 0 fully saturated rings. The van der Waals surface area contributed by atoms with E-state index >= 15 is 0 Å². The van der Waals surface area contributed by atoms with E-state index in [4.69, 9.17) is 11.5 Å². The minimum atomic E-state index is -0.223. The van der Waals surface area contributed by atoms with Crippen molar-refractivity contribution in [1.29, 1.82) is 0 Å². The number of rotatable bonds is 7. The Balaban J connectivity index is 1.43. The predicted molar refractivity (Wildman–Crippen MR) is 138 cm³/mol. The van der Waals surface area contributed by atoms with Crippen LogP contribution in [0.2, 0.25) is 0 Å². The Hall–Kier alpha value is -3.52. The number of fused-ring (bicyclic) bond motifs is 1. The Labute approximate surface area is 222 Å². The lowest BCUT2D eigenvalue weighted by molar-refractivity contribution is -0.375. The average molecular weight is 622 g/mol. The highest BCUT2D eigenvalue weighted by molar-refractivity contribution is 9.10. The van der Waals surface area contributed by atoms with Gasteiger partial charge in [0.15, 0.2) is 0 Å². The van der Waals surface area contributed by atoms with Gasteiger partial charge in [0, 0.05) is 40.8 Å². The van der Waals surface area contributed by atoms with Gasteiger partial charge >= 0.3 is 11.9 Å². The summed E-state index contributed by atoms with van der Waals surface area (Å²) < 4.78 is 1.59. The molecule has 0 unspecified atom stereocenters. The van der Waals surface area contributed by atoms with Crippen LogP contribution < -0.4 is 32.1 Å². The number of carbonyl (C=O) groups excluding carboxylic acids is 2. The number of nitrogens with two attached hydrogens (primary N) is 2. The Bertz CT molecular complexity index is 1400. The second-order valence-corrected chi connectivity index (χ2v) is 10.7. The Morgan fingerprint density at radius 3 is 2.17 bits per heavy atom. The van der Waals surface area contributed by atoms with Crippen molar-refractivity contribution in [3.63, 3.8) is 0 Å². The molecule has 0 spiro atoms. The van der Waals surface area contributed by atoms with Crippen LogP contribution >= 0.6 is 31.9 Å². The number of nitrogen functional groups attached to an aromatic ring is 2. The van der Waals surface area contributed by atoms with E-state index in [-0.39, 0.29) is 29.6 Å². The maximum Gasteiger partial charge on any atom is 0.350 e. The van der Waals surface area contributed by atoms with Crippen molar-refractivity contribution < 1.29 is 19.6 Å². The molecule has 5 rings (SSSR count). The number of hydrogen-bond donors (Lipinski definition) is 8. The van der Waals surface area contributed by atoms with Gasteiger partial charge in [-0.05, 0) is 55.8 Å². The van der Waals surface area contributed by atoms with Gasteiger partial charge in [0.1, 0.15) is 28.5 Å². The number of aromatic nitrogens is 6. The number of aromatic amines is 6. The molecule has 14 heteroatoms. The first kappa shape index (κ1) is 24.2. The van der Waals surface area contributed by atoms with Crippen LogP contribution in [0.1, 0.15) is 44.0 Å². The van der Waals surface area contributed by atoms with Crippen molar-refractivity contribution >= 4 is 55.6 Å². The zero-order valence-electron chi connectivity index (χ0n) is 19.0. The zero-order chi connectivity index (χ0) is 25.4. The Morgan fingerprint density at radius 1 is 0.972 bits per heavy atom. The second-order valence-electron chi connectivity index (χ2n) is 8.83. The third-order valence-electron chi connectivity index (χ3n) is 6.50. The largest absolute Gasteiger partial charge is 0.356 e. The van der Waals surface area contributed by atoms with Gasteiger partial charge in [0.05, 0.1) is 12.1 Å². The van der Waals surface area contributed by atoms with Crippen LogP contribution in [-0.4, -0.2) is 44.8 Å². The normalized spacial score (nSPS) is 19.1. The highest BCUT2D eigenvalue weighted by Crippen LogP contribution is 2.41. The summed E-state index contributed by atoms with van der Waals surface area (Å²) in [6.07, 6.45) is 5.85. The van der Waals surface area contributed by atoms with Crippen molar-refractivity contribution in [2.45, 2.75) is 12.3 Å². The van der Waals surface area contributed by atoms with Crippen LogP contribution in [0, 0.1) is 11.8 Å². The van der Waals surface area contributed by atoms with Crippen molar-refractivity contribution in [1.82, 2.24) is 30.6 Å². The molecule has 188 valence electrons. The molecule has 1 aliphatic carbocycles. The molecular formula is C22H26Br2N10O2+2. The summed E-state index contributed by atoms with van der Waals surface area (Å²) >= 11 is 6.71. The third kappa shape index (κ3) is 4.91. The monoisotopic (exact) mass is 620 g/mol. The molecule has 0 bridgehead atoms. The summed E-state index contributed by atoms with van der Waals surface area (Å²) in [4.78, 5) is 44.2. The van der Waals surface area contributed by atoms with Crippen LogP contribution in [0.3, 0.4) is 0 Å². The van der Waals surface area contributed by atoms with Gasteiger partial charge in [0.2, 0.25) is 0 Å². The predicted octanol–water partition coefficient (Wildman–Crippen LogP) is 1.10. The van der Waals surface area contributed by atoms with E-state index in [1.54, 1.807) is 24.5 Å². The molecule has 12 N–H and O–H groups in total. The summed E-state index contributed by atoms with van der Waals surface area (Å²) in [5.74, 6) is 0.0877. The van der Waals surface area contributed by atoms with Crippen LogP contribution in [-0.2, 0) is 6.42 Å². The SMILES string of the molecule is Nc1[nH]c([C@@H]2c3[nH+]c(N)[nH]c3C[C@H](CNC(=O)c3cc(Br)c[nH]3)[C@H]2CNC(=O)c2cc(Br)c[nH]2)c[nH+]1. The van der Waals surface area contributed by atoms with Gasteiger partial charge in [-0.2, -0.15) is 0 Å². The number of imidazole rings is 2. The van der Waals surface area contributed by atoms with Crippen LogP contribution in [0.25, 0.3) is 0 Å². The molecule has 3 atom stereocenters. The zero-order valence-corrected chi connectivity index (χ0v) is 22.1. The molecular weight excluding hydrogens is 596 g/mol. The first-order valence-electron chi connectivity index (χ1n) is 11.3. The number of hydrogen-bond acceptors (Lipinski definition) is 4. The number of halogens is 2. The number of nitrogens with one attached hydrogen (secondary N) is 8. The fraction of sp³-hybridized carbons (Fsp3) is 0.273. The van der Waals surface area contributed by atoms with E-state index in [9.17, 15) is 9.59 Å². The van der Waals surface area contributed by atoms with Crippen molar-refractivity contribution in [2.75, 3.05) is 24.6 Å². The number of amides is 2. The number of anilines is 2. The van der Waals surface area contributed by atoms with Gasteiger partial charge in [-0.15, -0.1) is 0 Å². The van der Waals surface area contributed by atoms with E-state index in [1.165, 1.54) is 0 Å². The maximum absolute atomic E-state index is 12.8. The molecule has 0 aliphatic heterocycles. The molecule has 2 amide bonds. The summed E-state index contributed by atoms with van der Waals surface area (Å²) in [6, 6.07) is 3.45. The minimum Gasteiger partial charge on any atom is -0.356 e. The lowest BCUT2D eigenvalue weighted by Gasteiger charge is -2.35. The van der Waals surface area contributed by atoms with Crippen LogP contribution in [0.5, 0.6) is 0 Å². The molecule has 0 aromatic carbocycles. The molecule has 12 nitrogen and oxygen atoms in total. The fourth-order valence-corrected chi connectivity index (χ4v) is 5.56. The van der Waals surface area contributed by atoms with E-state index in [2.05, 4.69) is 72.4 Å². The number of carbonyl (C=O) groups is 2. The van der Waals surface area contributed by atoms with E-state index in [0.717, 1.165) is 26.0 Å². The molecule has 0 saturated heterocycles. The highest BCUT2D eigenvalue weighted by atomic mass is 79.9. The minimum absolute atomic E-state index is 0.0310. The fourth-order valence-electron chi connectivity index (χ4n) is 4.88. The topological polar surface area (TPSA) is 202 Å². The van der Waals surface area contributed by atoms with Crippen molar-refractivity contribution in [3.8, 4) is 0 Å². The van der Waals surface area contributed by atoms with Gasteiger partial charge in [-0.25, -0.2) is 19.9 Å². The first-order chi connectivity index (χ1) is 17.3. The van der Waals surface area contributed by atoms with Crippen LogP contribution in [0.4, 0.5) is 11.9 Å². The summed E-state index contributed by atoms with van der Waals surface area (Å²) in [6.45, 7) is 0.741. The van der Waals surface area contributed by atoms with Crippen LogP contribution in [0.15, 0.2) is 39.7 Å². The lowest BCUT2D eigenvalue weighted by atomic mass is 9.71. The lowest BCUT2D eigenvalue weighted by Crippen LogP contribution is -2.45. The third-order valence-corrected chi connectivity index (χ3v) is 7.41. The van der Waals surface area contributed by atoms with Gasteiger partial charge in [-0.3, -0.25) is 21.1 Å². The first-order valence-corrected chi connectivity index (χ1v) is 12.9. The molecule has 4 aromatic heterocycles. The highest BCUT2D eigenvalue weighted by Gasteiger charge is 2.44. The van der Waals surface area contributed by atoms with E-state index < -0.39 is 0 Å². The van der Waals surface area contributed by atoms with Gasteiger partial charge in [-0.1, -0.05) is 0 Å². The van der Waals surface area contributed by atoms with E-state index in [0.29, 0.717) is 42.8 Å². The van der Waals surface area contributed by atoms with Crippen molar-refractivity contribution in [3.05, 3.63) is 68.1 Å². The molecule has 1 aliphatic rings. The Morgan fingerprint density at radius 2 is 1.61 bits per heavy atom. The second kappa shape index (κ2) is 9.85. The van der Waals surface area contributed by atoms with Gasteiger partial charge in [0.25, 0.3) is 11.8 Å². The van der Waals surface area contributed by atoms with Crippen molar-refractivity contribution in [2.24, 2.45) is 11.8 Å². The average Bonchev–Trinajstić information content (AvgIpc) is 3.63. The quantitative estimate of drug-likeness (QED) is 0.153. The smallest absolute Gasteiger partial charge is 0.350 e.